The minimum Gasteiger partial charge on any atom is -0.392 e. The van der Waals surface area contributed by atoms with Crippen molar-refractivity contribution >= 4 is 5.78 Å². The molecular weight excluding hydrogens is 176 g/mol. The molecule has 1 saturated carbocycles. The van der Waals surface area contributed by atoms with E-state index in [4.69, 9.17) is 0 Å². The Labute approximate surface area is 85.0 Å². The number of carbonyl (C=O) groups is 1. The lowest BCUT2D eigenvalue weighted by Crippen LogP contribution is -2.42. The number of hydrogen-bond donors (Lipinski definition) is 1. The van der Waals surface area contributed by atoms with Gasteiger partial charge in [0.05, 0.1) is 6.10 Å². The van der Waals surface area contributed by atoms with Crippen LogP contribution in [0.15, 0.2) is 11.1 Å². The normalized spacial score (nSPS) is 38.5. The maximum absolute atomic E-state index is 11.6. The van der Waals surface area contributed by atoms with Crippen LogP contribution in [0.25, 0.3) is 0 Å². The molecule has 0 aliphatic heterocycles. The van der Waals surface area contributed by atoms with Crippen LogP contribution in [-0.4, -0.2) is 17.0 Å². The van der Waals surface area contributed by atoms with Crippen molar-refractivity contribution in [3.8, 4) is 0 Å². The Morgan fingerprint density at radius 3 is 2.86 bits per heavy atom. The monoisotopic (exact) mass is 194 g/mol. The van der Waals surface area contributed by atoms with Crippen LogP contribution in [0.5, 0.6) is 0 Å². The zero-order chi connectivity index (χ0) is 10.3. The molecule has 0 aromatic carbocycles. The predicted molar refractivity (Wildman–Crippen MR) is 54.9 cm³/mol. The molecule has 0 radical (unpaired) electrons. The highest BCUT2D eigenvalue weighted by Gasteiger charge is 2.43. The molecule has 0 bridgehead atoms. The molecule has 2 unspecified atom stereocenters. The van der Waals surface area contributed by atoms with Crippen LogP contribution in [0.1, 0.15) is 46.0 Å². The maximum Gasteiger partial charge on any atom is 0.161 e. The van der Waals surface area contributed by atoms with Crippen molar-refractivity contribution in [3.05, 3.63) is 11.1 Å². The highest BCUT2D eigenvalue weighted by molar-refractivity contribution is 5.97. The van der Waals surface area contributed by atoms with Crippen LogP contribution in [0.3, 0.4) is 0 Å². The summed E-state index contributed by atoms with van der Waals surface area (Å²) in [6, 6.07) is 0. The molecule has 1 fully saturated rings. The van der Waals surface area contributed by atoms with Crippen molar-refractivity contribution in [1.82, 2.24) is 0 Å². The van der Waals surface area contributed by atoms with Gasteiger partial charge in [-0.25, -0.2) is 0 Å². The molecule has 14 heavy (non-hydrogen) atoms. The first-order valence-corrected chi connectivity index (χ1v) is 5.47. The largest absolute Gasteiger partial charge is 0.392 e. The first-order valence-electron chi connectivity index (χ1n) is 5.47. The first-order chi connectivity index (χ1) is 6.55. The summed E-state index contributed by atoms with van der Waals surface area (Å²) in [4.78, 5) is 11.6. The first kappa shape index (κ1) is 9.91. The Hall–Kier alpha value is -0.630. The van der Waals surface area contributed by atoms with Crippen LogP contribution in [0.4, 0.5) is 0 Å². The fraction of sp³-hybridized carbons (Fsp3) is 0.750. The molecule has 2 aliphatic carbocycles. The van der Waals surface area contributed by atoms with E-state index in [-0.39, 0.29) is 11.2 Å². The Balaban J connectivity index is 2.46. The summed E-state index contributed by atoms with van der Waals surface area (Å²) < 4.78 is 0. The van der Waals surface area contributed by atoms with Gasteiger partial charge in [0.25, 0.3) is 0 Å². The summed E-state index contributed by atoms with van der Waals surface area (Å²) in [6.07, 6.45) is 4.26. The molecule has 2 atom stereocenters. The molecule has 0 aromatic rings. The standard InChI is InChI=1S/C12H18O2/c1-8-9-5-3-4-6-12(9,2)11(14)7-10(8)13/h11,14H,3-7H2,1-2H3. The number of allylic oxidation sites excluding steroid dienone is 1. The van der Waals surface area contributed by atoms with Crippen molar-refractivity contribution in [2.45, 2.75) is 52.1 Å². The Morgan fingerprint density at radius 1 is 1.43 bits per heavy atom. The smallest absolute Gasteiger partial charge is 0.161 e. The van der Waals surface area contributed by atoms with Gasteiger partial charge >= 0.3 is 0 Å². The molecule has 0 amide bonds. The summed E-state index contributed by atoms with van der Waals surface area (Å²) in [7, 11) is 0. The Morgan fingerprint density at radius 2 is 2.14 bits per heavy atom. The summed E-state index contributed by atoms with van der Waals surface area (Å²) in [5, 5.41) is 10.00. The summed E-state index contributed by atoms with van der Waals surface area (Å²) in [5.74, 6) is 0.145. The van der Waals surface area contributed by atoms with Gasteiger partial charge in [-0.05, 0) is 31.8 Å². The van der Waals surface area contributed by atoms with Crippen molar-refractivity contribution < 1.29 is 9.90 Å². The van der Waals surface area contributed by atoms with Crippen molar-refractivity contribution in [2.75, 3.05) is 0 Å². The van der Waals surface area contributed by atoms with E-state index < -0.39 is 6.10 Å². The lowest BCUT2D eigenvalue weighted by atomic mass is 9.62. The SMILES string of the molecule is CC1=C2CCCCC2(C)C(O)CC1=O. The second kappa shape index (κ2) is 3.20. The lowest BCUT2D eigenvalue weighted by Gasteiger charge is -2.44. The third-order valence-electron chi connectivity index (χ3n) is 4.05. The molecule has 2 heteroatoms. The number of aliphatic hydroxyl groups excluding tert-OH is 1. The zero-order valence-electron chi connectivity index (χ0n) is 8.97. The van der Waals surface area contributed by atoms with Crippen LogP contribution in [0, 0.1) is 5.41 Å². The number of ketones is 1. The fourth-order valence-corrected chi connectivity index (χ4v) is 2.94. The summed E-state index contributed by atoms with van der Waals surface area (Å²) in [5.41, 5.74) is 2.06. The van der Waals surface area contributed by atoms with E-state index in [2.05, 4.69) is 6.92 Å². The van der Waals surface area contributed by atoms with Crippen molar-refractivity contribution in [1.29, 1.82) is 0 Å². The highest BCUT2D eigenvalue weighted by atomic mass is 16.3. The minimum absolute atomic E-state index is 0.101. The molecule has 2 rings (SSSR count). The molecule has 78 valence electrons. The van der Waals surface area contributed by atoms with E-state index >= 15 is 0 Å². The summed E-state index contributed by atoms with van der Waals surface area (Å²) >= 11 is 0. The topological polar surface area (TPSA) is 37.3 Å². The minimum atomic E-state index is -0.450. The van der Waals surface area contributed by atoms with Crippen LogP contribution in [0.2, 0.25) is 0 Å². The second-order valence-electron chi connectivity index (χ2n) is 4.87. The van der Waals surface area contributed by atoms with Gasteiger partial charge < -0.3 is 5.11 Å². The lowest BCUT2D eigenvalue weighted by molar-refractivity contribution is -0.121. The number of carbonyl (C=O) groups excluding carboxylic acids is 1. The van der Waals surface area contributed by atoms with Crippen LogP contribution < -0.4 is 0 Å². The van der Waals surface area contributed by atoms with Crippen molar-refractivity contribution in [2.24, 2.45) is 5.41 Å². The molecule has 0 aromatic heterocycles. The van der Waals surface area contributed by atoms with Gasteiger partial charge in [0.15, 0.2) is 5.78 Å². The predicted octanol–water partition coefficient (Wildman–Crippen LogP) is 2.22. The van der Waals surface area contributed by atoms with Gasteiger partial charge in [-0.3, -0.25) is 4.79 Å². The van der Waals surface area contributed by atoms with Gasteiger partial charge in [-0.15, -0.1) is 0 Å². The van der Waals surface area contributed by atoms with Gasteiger partial charge in [0.2, 0.25) is 0 Å². The number of aliphatic hydroxyl groups is 1. The molecule has 0 spiro atoms. The quantitative estimate of drug-likeness (QED) is 0.642. The van der Waals surface area contributed by atoms with E-state index in [9.17, 15) is 9.90 Å². The average Bonchev–Trinajstić information content (AvgIpc) is 2.15. The van der Waals surface area contributed by atoms with Gasteiger partial charge in [-0.1, -0.05) is 18.9 Å². The molecule has 2 aliphatic rings. The third-order valence-corrected chi connectivity index (χ3v) is 4.05. The van der Waals surface area contributed by atoms with E-state index in [0.29, 0.717) is 6.42 Å². The van der Waals surface area contributed by atoms with Crippen LogP contribution in [-0.2, 0) is 4.79 Å². The fourth-order valence-electron chi connectivity index (χ4n) is 2.94. The Bertz CT molecular complexity index is 303. The van der Waals surface area contributed by atoms with E-state index in [1.54, 1.807) is 0 Å². The van der Waals surface area contributed by atoms with E-state index in [0.717, 1.165) is 18.4 Å². The summed E-state index contributed by atoms with van der Waals surface area (Å²) in [6.45, 7) is 4.04. The maximum atomic E-state index is 11.6. The van der Waals surface area contributed by atoms with E-state index in [1.807, 2.05) is 6.92 Å². The number of hydrogen-bond acceptors (Lipinski definition) is 2. The number of fused-ring (bicyclic) bond motifs is 1. The molecule has 1 N–H and O–H groups in total. The second-order valence-corrected chi connectivity index (χ2v) is 4.87. The number of Topliss-reactive ketones (excluding diaryl/α,β-unsaturated/α-hetero) is 1. The van der Waals surface area contributed by atoms with Crippen molar-refractivity contribution in [3.63, 3.8) is 0 Å². The molecule has 2 nitrogen and oxygen atoms in total. The molecule has 0 heterocycles. The van der Waals surface area contributed by atoms with Crippen LogP contribution >= 0.6 is 0 Å². The van der Waals surface area contributed by atoms with Gasteiger partial charge in [0, 0.05) is 11.8 Å². The highest BCUT2D eigenvalue weighted by Crippen LogP contribution is 2.48. The van der Waals surface area contributed by atoms with Gasteiger partial charge in [0.1, 0.15) is 0 Å². The zero-order valence-corrected chi connectivity index (χ0v) is 8.97. The molecular formula is C12H18O2. The molecule has 0 saturated heterocycles. The number of rotatable bonds is 0. The Kier molecular flexibility index (Phi) is 2.26. The van der Waals surface area contributed by atoms with Gasteiger partial charge in [-0.2, -0.15) is 0 Å². The average molecular weight is 194 g/mol. The third kappa shape index (κ3) is 1.24. The van der Waals surface area contributed by atoms with E-state index in [1.165, 1.54) is 18.4 Å².